The van der Waals surface area contributed by atoms with Crippen LogP contribution in [0.25, 0.3) is 22.3 Å². The zero-order valence-electron chi connectivity index (χ0n) is 18.6. The molecule has 0 radical (unpaired) electrons. The van der Waals surface area contributed by atoms with E-state index in [9.17, 15) is 0 Å². The summed E-state index contributed by atoms with van der Waals surface area (Å²) < 4.78 is 12.7. The van der Waals surface area contributed by atoms with Crippen LogP contribution in [0.4, 0.5) is 17.5 Å². The largest absolute Gasteiger partial charge is 0.479 e. The van der Waals surface area contributed by atoms with Crippen molar-refractivity contribution in [2.24, 2.45) is 7.05 Å². The van der Waals surface area contributed by atoms with Crippen LogP contribution in [0.3, 0.4) is 0 Å². The first-order valence-corrected chi connectivity index (χ1v) is 9.94. The molecule has 4 aromatic heterocycles. The first-order valence-electron chi connectivity index (χ1n) is 9.94. The number of nitrogens with one attached hydrogen (secondary N) is 1. The van der Waals surface area contributed by atoms with E-state index in [2.05, 4.69) is 30.6 Å². The van der Waals surface area contributed by atoms with Crippen LogP contribution in [0.2, 0.25) is 0 Å². The highest BCUT2D eigenvalue weighted by Crippen LogP contribution is 2.30. The van der Waals surface area contributed by atoms with E-state index < -0.39 is 5.60 Å². The molecule has 0 amide bonds. The predicted molar refractivity (Wildman–Crippen MR) is 121 cm³/mol. The molecule has 0 atom stereocenters. The number of pyridine rings is 2. The zero-order chi connectivity index (χ0) is 22.9. The first-order chi connectivity index (χ1) is 15.3. The molecule has 0 saturated carbocycles. The van der Waals surface area contributed by atoms with E-state index in [1.807, 2.05) is 32.0 Å². The van der Waals surface area contributed by atoms with E-state index in [-0.39, 0.29) is 0 Å². The molecule has 0 spiro atoms. The quantitative estimate of drug-likeness (QED) is 0.445. The van der Waals surface area contributed by atoms with E-state index >= 15 is 0 Å². The normalized spacial score (nSPS) is 11.7. The molecule has 0 saturated heterocycles. The number of ether oxygens (including phenoxy) is 2. The van der Waals surface area contributed by atoms with Gasteiger partial charge in [-0.05, 0) is 32.0 Å². The maximum Gasteiger partial charge on any atom is 0.238 e. The molecule has 11 heteroatoms. The third kappa shape index (κ3) is 4.14. The Labute approximate surface area is 185 Å². The van der Waals surface area contributed by atoms with Crippen LogP contribution in [0.15, 0.2) is 30.6 Å². The molecule has 32 heavy (non-hydrogen) atoms. The number of fused-ring (bicyclic) bond motifs is 1. The van der Waals surface area contributed by atoms with Crippen molar-refractivity contribution in [3.8, 4) is 17.3 Å². The van der Waals surface area contributed by atoms with Crippen LogP contribution in [0.1, 0.15) is 19.5 Å². The Balaban J connectivity index is 1.76. The lowest BCUT2D eigenvalue weighted by molar-refractivity contribution is 0.0227. The Kier molecular flexibility index (Phi) is 5.57. The highest BCUT2D eigenvalue weighted by Gasteiger charge is 2.22. The molecule has 0 aliphatic carbocycles. The Hall–Kier alpha value is -3.86. The summed E-state index contributed by atoms with van der Waals surface area (Å²) in [5, 5.41) is 11.9. The van der Waals surface area contributed by atoms with Gasteiger partial charge in [0.05, 0.1) is 30.3 Å². The van der Waals surface area contributed by atoms with Gasteiger partial charge in [0.25, 0.3) is 0 Å². The van der Waals surface area contributed by atoms with Crippen molar-refractivity contribution < 1.29 is 9.47 Å². The van der Waals surface area contributed by atoms with Gasteiger partial charge in [-0.15, -0.1) is 5.10 Å². The van der Waals surface area contributed by atoms with Crippen LogP contribution in [0, 0.1) is 0 Å². The molecule has 0 fully saturated rings. The number of nitrogen functional groups attached to an aromatic ring is 1. The molecule has 0 aliphatic rings. The summed E-state index contributed by atoms with van der Waals surface area (Å²) in [5.74, 6) is 1.06. The molecule has 0 aliphatic heterocycles. The van der Waals surface area contributed by atoms with Gasteiger partial charge in [0, 0.05) is 32.2 Å². The molecule has 0 aromatic carbocycles. The van der Waals surface area contributed by atoms with Gasteiger partial charge >= 0.3 is 0 Å². The number of hydrogen-bond donors (Lipinski definition) is 2. The third-order valence-corrected chi connectivity index (χ3v) is 5.14. The van der Waals surface area contributed by atoms with Crippen molar-refractivity contribution >= 4 is 28.4 Å². The van der Waals surface area contributed by atoms with Gasteiger partial charge in [0.15, 0.2) is 0 Å². The summed E-state index contributed by atoms with van der Waals surface area (Å²) in [6.45, 7) is 4.00. The lowest BCUT2D eigenvalue weighted by Gasteiger charge is -2.23. The summed E-state index contributed by atoms with van der Waals surface area (Å²) in [4.78, 5) is 18.1. The Morgan fingerprint density at radius 2 is 1.94 bits per heavy atom. The van der Waals surface area contributed by atoms with Gasteiger partial charge in [-0.2, -0.15) is 0 Å². The van der Waals surface area contributed by atoms with E-state index in [1.54, 1.807) is 38.3 Å². The molecule has 3 N–H and O–H groups in total. The SMILES string of the molecule is COc1nc(-c2cnnn2C)ccc1Nc1nc(CC(C)(C)OC)c2ccnc(N)c2n1. The highest BCUT2D eigenvalue weighted by molar-refractivity contribution is 5.90. The molecular formula is C21H25N9O2. The van der Waals surface area contributed by atoms with E-state index in [0.29, 0.717) is 41.0 Å². The summed E-state index contributed by atoms with van der Waals surface area (Å²) in [6, 6.07) is 5.54. The van der Waals surface area contributed by atoms with Crippen LogP contribution in [0.5, 0.6) is 5.88 Å². The minimum atomic E-state index is -0.422. The van der Waals surface area contributed by atoms with Gasteiger partial charge in [-0.1, -0.05) is 5.21 Å². The number of aryl methyl sites for hydroxylation is 1. The van der Waals surface area contributed by atoms with Crippen molar-refractivity contribution in [3.05, 3.63) is 36.3 Å². The van der Waals surface area contributed by atoms with Crippen LogP contribution in [-0.2, 0) is 18.2 Å². The predicted octanol–water partition coefficient (Wildman–Crippen LogP) is 2.52. The van der Waals surface area contributed by atoms with Crippen LogP contribution in [-0.4, -0.2) is 54.8 Å². The van der Waals surface area contributed by atoms with Crippen LogP contribution < -0.4 is 15.8 Å². The zero-order valence-corrected chi connectivity index (χ0v) is 18.6. The monoisotopic (exact) mass is 435 g/mol. The van der Waals surface area contributed by atoms with Gasteiger partial charge in [-0.3, -0.25) is 0 Å². The molecular weight excluding hydrogens is 410 g/mol. The fourth-order valence-electron chi connectivity index (χ4n) is 3.28. The molecule has 0 bridgehead atoms. The second-order valence-corrected chi connectivity index (χ2v) is 7.85. The topological polar surface area (TPSA) is 139 Å². The number of nitrogens with two attached hydrogens (primary N) is 1. The fraction of sp³-hybridized carbons (Fsp3) is 0.333. The minimum Gasteiger partial charge on any atom is -0.479 e. The second kappa shape index (κ2) is 8.35. The number of anilines is 3. The smallest absolute Gasteiger partial charge is 0.238 e. The Bertz CT molecular complexity index is 1270. The van der Waals surface area contributed by atoms with E-state index in [1.165, 1.54) is 0 Å². The third-order valence-electron chi connectivity index (χ3n) is 5.14. The average molecular weight is 435 g/mol. The lowest BCUT2D eigenvalue weighted by Crippen LogP contribution is -2.26. The summed E-state index contributed by atoms with van der Waals surface area (Å²) >= 11 is 0. The Morgan fingerprint density at radius 3 is 2.62 bits per heavy atom. The number of aromatic nitrogens is 7. The van der Waals surface area contributed by atoms with Gasteiger partial charge in [0.1, 0.15) is 22.7 Å². The molecule has 11 nitrogen and oxygen atoms in total. The summed E-state index contributed by atoms with van der Waals surface area (Å²) in [6.07, 6.45) is 3.85. The molecule has 4 heterocycles. The van der Waals surface area contributed by atoms with Crippen molar-refractivity contribution in [2.75, 3.05) is 25.3 Å². The van der Waals surface area contributed by atoms with Gasteiger partial charge < -0.3 is 20.5 Å². The minimum absolute atomic E-state index is 0.327. The standard InChI is InChI=1S/C21H25N9O2/c1-21(2,32-5)10-15-12-8-9-23-18(22)17(12)28-20(27-15)26-14-7-6-13(25-19(14)31-4)16-11-24-29-30(16)3/h6-9,11H,10H2,1-5H3,(H2,22,23)(H,26,27,28). The van der Waals surface area contributed by atoms with Crippen LogP contribution >= 0.6 is 0 Å². The van der Waals surface area contributed by atoms with Crippen molar-refractivity contribution in [2.45, 2.75) is 25.9 Å². The first kappa shape index (κ1) is 21.4. The number of methoxy groups -OCH3 is 2. The second-order valence-electron chi connectivity index (χ2n) is 7.85. The molecule has 166 valence electrons. The average Bonchev–Trinajstić information content (AvgIpc) is 3.20. The number of hydrogen-bond acceptors (Lipinski definition) is 10. The molecule has 0 unspecified atom stereocenters. The van der Waals surface area contributed by atoms with Crippen molar-refractivity contribution in [3.63, 3.8) is 0 Å². The van der Waals surface area contributed by atoms with Gasteiger partial charge in [0.2, 0.25) is 11.8 Å². The fourth-order valence-corrected chi connectivity index (χ4v) is 3.28. The Morgan fingerprint density at radius 1 is 1.12 bits per heavy atom. The number of rotatable bonds is 7. The maximum atomic E-state index is 6.12. The molecule has 4 aromatic rings. The van der Waals surface area contributed by atoms with E-state index in [4.69, 9.17) is 20.2 Å². The summed E-state index contributed by atoms with van der Waals surface area (Å²) in [5.41, 5.74) is 9.10. The van der Waals surface area contributed by atoms with E-state index in [0.717, 1.165) is 16.8 Å². The molecule has 4 rings (SSSR count). The summed E-state index contributed by atoms with van der Waals surface area (Å²) in [7, 11) is 5.02. The van der Waals surface area contributed by atoms with Crippen molar-refractivity contribution in [1.29, 1.82) is 0 Å². The maximum absolute atomic E-state index is 6.12. The van der Waals surface area contributed by atoms with Gasteiger partial charge in [-0.25, -0.2) is 24.6 Å². The highest BCUT2D eigenvalue weighted by atomic mass is 16.5. The lowest BCUT2D eigenvalue weighted by atomic mass is 10.00. The van der Waals surface area contributed by atoms with Crippen molar-refractivity contribution in [1.82, 2.24) is 34.9 Å². The number of nitrogens with zero attached hydrogens (tertiary/aromatic N) is 7.